The monoisotopic (exact) mass is 443 g/mol. The Morgan fingerprint density at radius 1 is 1.21 bits per heavy atom. The van der Waals surface area contributed by atoms with Gasteiger partial charge < -0.3 is 9.84 Å². The summed E-state index contributed by atoms with van der Waals surface area (Å²) in [5.41, 5.74) is 1.28. The molecule has 0 amide bonds. The van der Waals surface area contributed by atoms with E-state index in [4.69, 9.17) is 33.0 Å². The topological polar surface area (TPSA) is 83.9 Å². The van der Waals surface area contributed by atoms with E-state index in [2.05, 4.69) is 0 Å². The molecule has 1 heterocycles. The SMILES string of the molecule is CCOc1ccc2c(c1)C(CCC(=O)O)CN2S(=O)(=O)c1ccc(Cl)c(Cl)c1. The fourth-order valence-corrected chi connectivity index (χ4v) is 5.20. The number of carbonyl (C=O) groups is 1. The summed E-state index contributed by atoms with van der Waals surface area (Å²) in [6.07, 6.45) is 0.273. The number of carboxylic acid groups (broad SMARTS) is 1. The van der Waals surface area contributed by atoms with Gasteiger partial charge in [0.15, 0.2) is 0 Å². The highest BCUT2D eigenvalue weighted by molar-refractivity contribution is 7.92. The third-order valence-electron chi connectivity index (χ3n) is 4.59. The highest BCUT2D eigenvalue weighted by atomic mass is 35.5. The van der Waals surface area contributed by atoms with Crippen molar-refractivity contribution in [3.05, 3.63) is 52.0 Å². The van der Waals surface area contributed by atoms with E-state index in [1.165, 1.54) is 22.5 Å². The first-order chi connectivity index (χ1) is 13.2. The Morgan fingerprint density at radius 2 is 1.96 bits per heavy atom. The van der Waals surface area contributed by atoms with Crippen LogP contribution in [0.25, 0.3) is 0 Å². The summed E-state index contributed by atoms with van der Waals surface area (Å²) in [5, 5.41) is 9.45. The van der Waals surface area contributed by atoms with E-state index >= 15 is 0 Å². The summed E-state index contributed by atoms with van der Waals surface area (Å²) < 4.78 is 33.3. The van der Waals surface area contributed by atoms with Crippen molar-refractivity contribution in [1.82, 2.24) is 0 Å². The van der Waals surface area contributed by atoms with Crippen LogP contribution < -0.4 is 9.04 Å². The third kappa shape index (κ3) is 4.06. The van der Waals surface area contributed by atoms with Gasteiger partial charge in [-0.2, -0.15) is 0 Å². The summed E-state index contributed by atoms with van der Waals surface area (Å²) >= 11 is 11.9. The van der Waals surface area contributed by atoms with Crippen molar-refractivity contribution in [2.24, 2.45) is 0 Å². The van der Waals surface area contributed by atoms with Gasteiger partial charge in [-0.05, 0) is 55.3 Å². The molecular formula is C19H19Cl2NO5S. The van der Waals surface area contributed by atoms with Crippen LogP contribution in [0, 0.1) is 0 Å². The molecule has 0 bridgehead atoms. The van der Waals surface area contributed by atoms with E-state index in [1.54, 1.807) is 18.2 Å². The number of hydrogen-bond donors (Lipinski definition) is 1. The van der Waals surface area contributed by atoms with Crippen LogP contribution in [0.5, 0.6) is 5.75 Å². The molecule has 0 fully saturated rings. The molecule has 28 heavy (non-hydrogen) atoms. The summed E-state index contributed by atoms with van der Waals surface area (Å²) in [4.78, 5) is 11.1. The molecule has 1 aliphatic rings. The average molecular weight is 444 g/mol. The van der Waals surface area contributed by atoms with Crippen molar-refractivity contribution in [1.29, 1.82) is 0 Å². The summed E-state index contributed by atoms with van der Waals surface area (Å²) in [6.45, 7) is 2.49. The summed E-state index contributed by atoms with van der Waals surface area (Å²) in [5.74, 6) is -0.548. The molecule has 2 aromatic rings. The highest BCUT2D eigenvalue weighted by Crippen LogP contribution is 2.43. The molecule has 6 nitrogen and oxygen atoms in total. The third-order valence-corrected chi connectivity index (χ3v) is 7.11. The van der Waals surface area contributed by atoms with Gasteiger partial charge in [-0.1, -0.05) is 23.2 Å². The molecule has 0 aliphatic carbocycles. The van der Waals surface area contributed by atoms with Crippen molar-refractivity contribution in [2.75, 3.05) is 17.5 Å². The van der Waals surface area contributed by atoms with Crippen LogP contribution >= 0.6 is 23.2 Å². The quantitative estimate of drug-likeness (QED) is 0.678. The molecule has 0 aromatic heterocycles. The second kappa shape index (κ2) is 8.19. The maximum atomic E-state index is 13.2. The Balaban J connectivity index is 2.02. The number of sulfonamides is 1. The van der Waals surface area contributed by atoms with Gasteiger partial charge in [0.25, 0.3) is 10.0 Å². The molecule has 1 unspecified atom stereocenters. The zero-order chi connectivity index (χ0) is 20.5. The number of halogens is 2. The standard InChI is InChI=1S/C19H19Cl2NO5S/c1-2-27-13-4-7-18-15(9-13)12(3-8-19(23)24)11-22(18)28(25,26)14-5-6-16(20)17(21)10-14/h4-7,9-10,12H,2-3,8,11H2,1H3,(H,23,24). The molecule has 1 N–H and O–H groups in total. The first-order valence-corrected chi connectivity index (χ1v) is 10.9. The van der Waals surface area contributed by atoms with E-state index < -0.39 is 16.0 Å². The van der Waals surface area contributed by atoms with E-state index in [1.807, 2.05) is 6.92 Å². The fourth-order valence-electron chi connectivity index (χ4n) is 3.28. The summed E-state index contributed by atoms with van der Waals surface area (Å²) in [7, 11) is -3.89. The number of nitrogens with zero attached hydrogens (tertiary/aromatic N) is 1. The van der Waals surface area contributed by atoms with Crippen molar-refractivity contribution in [2.45, 2.75) is 30.6 Å². The largest absolute Gasteiger partial charge is 0.494 e. The second-order valence-corrected chi connectivity index (χ2v) is 9.07. The Labute approximate surface area is 173 Å². The smallest absolute Gasteiger partial charge is 0.303 e. The molecular weight excluding hydrogens is 425 g/mol. The minimum absolute atomic E-state index is 0.0284. The zero-order valence-electron chi connectivity index (χ0n) is 15.1. The van der Waals surface area contributed by atoms with E-state index in [-0.39, 0.29) is 33.8 Å². The number of benzene rings is 2. The average Bonchev–Trinajstić information content (AvgIpc) is 3.01. The van der Waals surface area contributed by atoms with Crippen LogP contribution in [0.15, 0.2) is 41.3 Å². The predicted molar refractivity (Wildman–Crippen MR) is 108 cm³/mol. The first-order valence-electron chi connectivity index (χ1n) is 8.70. The van der Waals surface area contributed by atoms with Crippen LogP contribution in [-0.2, 0) is 14.8 Å². The van der Waals surface area contributed by atoms with Gasteiger partial charge in [0.1, 0.15) is 5.75 Å². The number of aliphatic carboxylic acids is 1. The van der Waals surface area contributed by atoms with E-state index in [0.29, 0.717) is 24.5 Å². The summed E-state index contributed by atoms with van der Waals surface area (Å²) in [6, 6.07) is 9.35. The first kappa shape index (κ1) is 20.8. The number of rotatable bonds is 7. The maximum Gasteiger partial charge on any atom is 0.303 e. The van der Waals surface area contributed by atoms with Crippen LogP contribution in [-0.4, -0.2) is 32.6 Å². The van der Waals surface area contributed by atoms with Gasteiger partial charge >= 0.3 is 5.97 Å². The van der Waals surface area contributed by atoms with Gasteiger partial charge in [-0.15, -0.1) is 0 Å². The lowest BCUT2D eigenvalue weighted by Crippen LogP contribution is -2.30. The lowest BCUT2D eigenvalue weighted by atomic mass is 9.96. The van der Waals surface area contributed by atoms with Gasteiger partial charge in [0.05, 0.1) is 27.2 Å². The van der Waals surface area contributed by atoms with Crippen LogP contribution in [0.1, 0.15) is 31.2 Å². The molecule has 150 valence electrons. The Kier molecular flexibility index (Phi) is 6.07. The van der Waals surface area contributed by atoms with Gasteiger partial charge in [-0.25, -0.2) is 8.42 Å². The maximum absolute atomic E-state index is 13.2. The molecule has 0 spiro atoms. The molecule has 0 saturated heterocycles. The van der Waals surface area contributed by atoms with Crippen molar-refractivity contribution in [3.63, 3.8) is 0 Å². The Morgan fingerprint density at radius 3 is 2.61 bits per heavy atom. The molecule has 1 aliphatic heterocycles. The second-order valence-electron chi connectivity index (χ2n) is 6.40. The van der Waals surface area contributed by atoms with E-state index in [0.717, 1.165) is 5.56 Å². The van der Waals surface area contributed by atoms with Gasteiger partial charge in [0.2, 0.25) is 0 Å². The van der Waals surface area contributed by atoms with Crippen molar-refractivity contribution >= 4 is 44.9 Å². The number of hydrogen-bond acceptors (Lipinski definition) is 4. The molecule has 2 aromatic carbocycles. The normalized spacial score (nSPS) is 16.1. The van der Waals surface area contributed by atoms with Gasteiger partial charge in [0, 0.05) is 18.9 Å². The minimum Gasteiger partial charge on any atom is -0.494 e. The molecule has 9 heteroatoms. The van der Waals surface area contributed by atoms with Gasteiger partial charge in [-0.3, -0.25) is 9.10 Å². The Hall–Kier alpha value is -1.96. The lowest BCUT2D eigenvalue weighted by molar-refractivity contribution is -0.137. The minimum atomic E-state index is -3.89. The van der Waals surface area contributed by atoms with Crippen LogP contribution in [0.3, 0.4) is 0 Å². The lowest BCUT2D eigenvalue weighted by Gasteiger charge is -2.20. The predicted octanol–water partition coefficient (Wildman–Crippen LogP) is 4.55. The Bertz CT molecular complexity index is 1010. The molecule has 0 saturated carbocycles. The molecule has 1 atom stereocenters. The fraction of sp³-hybridized carbons (Fsp3) is 0.316. The van der Waals surface area contributed by atoms with Crippen molar-refractivity contribution in [3.8, 4) is 5.75 Å². The highest BCUT2D eigenvalue weighted by Gasteiger charge is 2.37. The number of fused-ring (bicyclic) bond motifs is 1. The van der Waals surface area contributed by atoms with Crippen LogP contribution in [0.2, 0.25) is 10.0 Å². The number of ether oxygens (including phenoxy) is 1. The van der Waals surface area contributed by atoms with Crippen LogP contribution in [0.4, 0.5) is 5.69 Å². The molecule has 0 radical (unpaired) electrons. The number of carboxylic acids is 1. The number of anilines is 1. The zero-order valence-corrected chi connectivity index (χ0v) is 17.4. The van der Waals surface area contributed by atoms with E-state index in [9.17, 15) is 13.2 Å². The van der Waals surface area contributed by atoms with Crippen molar-refractivity contribution < 1.29 is 23.1 Å². The molecule has 3 rings (SSSR count).